The van der Waals surface area contributed by atoms with E-state index in [1.54, 1.807) is 11.0 Å². The zero-order valence-corrected chi connectivity index (χ0v) is 17.1. The molecule has 0 spiro atoms. The van der Waals surface area contributed by atoms with E-state index in [0.29, 0.717) is 10.7 Å². The molecular formula is C18H18Cl2FN3O3S. The number of sulfonamides is 1. The number of halogens is 3. The molecule has 0 bridgehead atoms. The Bertz CT molecular complexity index is 963. The number of carbonyl (C=O) groups excluding carboxylic acids is 1. The summed E-state index contributed by atoms with van der Waals surface area (Å²) in [4.78, 5) is 14.1. The molecule has 0 atom stereocenters. The standard InChI is InChI=1S/C18H18Cl2FN3O3S/c19-13-1-4-15(5-2-13)28(26,27)24-9-7-23(8-10-24)18(25)12-22-14-3-6-16(20)17(21)11-14/h1-6,11,22H,7-10,12H2. The van der Waals surface area contributed by atoms with Crippen molar-refractivity contribution in [3.05, 3.63) is 58.3 Å². The lowest BCUT2D eigenvalue weighted by Crippen LogP contribution is -2.51. The van der Waals surface area contributed by atoms with Gasteiger partial charge in [0.2, 0.25) is 15.9 Å². The van der Waals surface area contributed by atoms with Gasteiger partial charge < -0.3 is 10.2 Å². The Kier molecular flexibility index (Phi) is 6.44. The van der Waals surface area contributed by atoms with Crippen LogP contribution in [0, 0.1) is 5.82 Å². The van der Waals surface area contributed by atoms with E-state index in [2.05, 4.69) is 5.32 Å². The minimum atomic E-state index is -3.63. The maximum atomic E-state index is 13.4. The van der Waals surface area contributed by atoms with E-state index in [0.717, 1.165) is 0 Å². The first-order chi connectivity index (χ1) is 13.3. The number of anilines is 1. The number of benzene rings is 2. The lowest BCUT2D eigenvalue weighted by Gasteiger charge is -2.34. The summed E-state index contributed by atoms with van der Waals surface area (Å²) >= 11 is 11.4. The minimum absolute atomic E-state index is 0.00916. The van der Waals surface area contributed by atoms with Gasteiger partial charge >= 0.3 is 0 Å². The second-order valence-electron chi connectivity index (χ2n) is 6.22. The molecule has 1 aliphatic rings. The second kappa shape index (κ2) is 8.65. The van der Waals surface area contributed by atoms with Gasteiger partial charge in [-0.3, -0.25) is 4.79 Å². The summed E-state index contributed by atoms with van der Waals surface area (Å²) in [5.41, 5.74) is 0.444. The highest BCUT2D eigenvalue weighted by molar-refractivity contribution is 7.89. The van der Waals surface area contributed by atoms with Gasteiger partial charge in [0.05, 0.1) is 16.5 Å². The lowest BCUT2D eigenvalue weighted by molar-refractivity contribution is -0.130. The summed E-state index contributed by atoms with van der Waals surface area (Å²) in [6.45, 7) is 0.939. The van der Waals surface area contributed by atoms with Crippen LogP contribution >= 0.6 is 23.2 Å². The lowest BCUT2D eigenvalue weighted by atomic mass is 10.3. The summed E-state index contributed by atoms with van der Waals surface area (Å²) in [7, 11) is -3.63. The van der Waals surface area contributed by atoms with Crippen molar-refractivity contribution in [3.8, 4) is 0 Å². The number of piperazine rings is 1. The predicted octanol–water partition coefficient (Wildman–Crippen LogP) is 3.08. The number of nitrogens with zero attached hydrogens (tertiary/aromatic N) is 2. The van der Waals surface area contributed by atoms with Gasteiger partial charge in [0.25, 0.3) is 0 Å². The highest BCUT2D eigenvalue weighted by Crippen LogP contribution is 2.21. The maximum absolute atomic E-state index is 13.4. The van der Waals surface area contributed by atoms with Crippen LogP contribution in [0.15, 0.2) is 47.4 Å². The molecule has 1 amide bonds. The van der Waals surface area contributed by atoms with E-state index >= 15 is 0 Å². The molecule has 150 valence electrons. The summed E-state index contributed by atoms with van der Waals surface area (Å²) in [5.74, 6) is -0.765. The number of hydrogen-bond acceptors (Lipinski definition) is 4. The number of amides is 1. The maximum Gasteiger partial charge on any atom is 0.243 e. The molecule has 0 saturated carbocycles. The summed E-state index contributed by atoms with van der Waals surface area (Å²) in [6.07, 6.45) is 0. The average Bonchev–Trinajstić information content (AvgIpc) is 2.69. The number of rotatable bonds is 5. The molecule has 0 aromatic heterocycles. The third-order valence-electron chi connectivity index (χ3n) is 4.41. The average molecular weight is 446 g/mol. The quantitative estimate of drug-likeness (QED) is 0.767. The fourth-order valence-corrected chi connectivity index (χ4v) is 4.49. The molecule has 1 heterocycles. The monoisotopic (exact) mass is 445 g/mol. The molecule has 2 aromatic rings. The Morgan fingerprint density at radius 3 is 2.29 bits per heavy atom. The molecule has 2 aromatic carbocycles. The Balaban J connectivity index is 1.55. The van der Waals surface area contributed by atoms with Crippen LogP contribution in [0.2, 0.25) is 10.0 Å². The third kappa shape index (κ3) is 4.75. The number of hydrogen-bond donors (Lipinski definition) is 1. The topological polar surface area (TPSA) is 69.7 Å². The third-order valence-corrected chi connectivity index (χ3v) is 6.88. The van der Waals surface area contributed by atoms with Crippen molar-refractivity contribution in [3.63, 3.8) is 0 Å². The molecule has 1 N–H and O–H groups in total. The molecule has 0 radical (unpaired) electrons. The SMILES string of the molecule is O=C(CNc1ccc(Cl)c(F)c1)N1CCN(S(=O)(=O)c2ccc(Cl)cc2)CC1. The van der Waals surface area contributed by atoms with Crippen LogP contribution in [0.25, 0.3) is 0 Å². The fourth-order valence-electron chi connectivity index (χ4n) is 2.83. The van der Waals surface area contributed by atoms with Gasteiger partial charge in [-0.05, 0) is 42.5 Å². The molecule has 1 saturated heterocycles. The van der Waals surface area contributed by atoms with Crippen molar-refractivity contribution in [2.75, 3.05) is 38.0 Å². The first kappa shape index (κ1) is 20.9. The van der Waals surface area contributed by atoms with Gasteiger partial charge in [0.15, 0.2) is 0 Å². The van der Waals surface area contributed by atoms with E-state index in [1.807, 2.05) is 0 Å². The Labute approximate surface area is 172 Å². The van der Waals surface area contributed by atoms with Gasteiger partial charge in [-0.1, -0.05) is 23.2 Å². The van der Waals surface area contributed by atoms with E-state index < -0.39 is 15.8 Å². The van der Waals surface area contributed by atoms with Crippen molar-refractivity contribution < 1.29 is 17.6 Å². The summed E-state index contributed by atoms with van der Waals surface area (Å²) in [5, 5.41) is 3.32. The van der Waals surface area contributed by atoms with E-state index in [1.165, 1.54) is 40.7 Å². The van der Waals surface area contributed by atoms with Crippen molar-refractivity contribution in [1.29, 1.82) is 0 Å². The van der Waals surface area contributed by atoms with Gasteiger partial charge in [-0.2, -0.15) is 4.31 Å². The van der Waals surface area contributed by atoms with Crippen LogP contribution in [0.5, 0.6) is 0 Å². The van der Waals surface area contributed by atoms with Gasteiger partial charge in [0, 0.05) is 36.9 Å². The van der Waals surface area contributed by atoms with Crippen molar-refractivity contribution in [2.45, 2.75) is 4.90 Å². The van der Waals surface area contributed by atoms with Crippen LogP contribution in [-0.4, -0.2) is 56.3 Å². The Hall–Kier alpha value is -1.87. The molecule has 1 aliphatic heterocycles. The van der Waals surface area contributed by atoms with Crippen LogP contribution in [0.3, 0.4) is 0 Å². The molecule has 6 nitrogen and oxygen atoms in total. The number of carbonyl (C=O) groups is 1. The van der Waals surface area contributed by atoms with Crippen LogP contribution in [0.1, 0.15) is 0 Å². The van der Waals surface area contributed by atoms with Crippen LogP contribution in [0.4, 0.5) is 10.1 Å². The highest BCUT2D eigenvalue weighted by atomic mass is 35.5. The molecule has 0 unspecified atom stereocenters. The number of nitrogens with one attached hydrogen (secondary N) is 1. The second-order valence-corrected chi connectivity index (χ2v) is 9.00. The van der Waals surface area contributed by atoms with Crippen LogP contribution < -0.4 is 5.32 Å². The molecule has 3 rings (SSSR count). The summed E-state index contributed by atoms with van der Waals surface area (Å²) in [6, 6.07) is 10.2. The molecule has 28 heavy (non-hydrogen) atoms. The Morgan fingerprint density at radius 2 is 1.68 bits per heavy atom. The first-order valence-electron chi connectivity index (χ1n) is 8.50. The largest absolute Gasteiger partial charge is 0.376 e. The normalized spacial score (nSPS) is 15.5. The van der Waals surface area contributed by atoms with Crippen LogP contribution in [-0.2, 0) is 14.8 Å². The minimum Gasteiger partial charge on any atom is -0.376 e. The zero-order chi connectivity index (χ0) is 20.3. The van der Waals surface area contributed by atoms with Crippen molar-refractivity contribution >= 4 is 44.8 Å². The first-order valence-corrected chi connectivity index (χ1v) is 10.7. The zero-order valence-electron chi connectivity index (χ0n) is 14.7. The summed E-state index contributed by atoms with van der Waals surface area (Å²) < 4.78 is 40.1. The predicted molar refractivity (Wildman–Crippen MR) is 107 cm³/mol. The van der Waals surface area contributed by atoms with Gasteiger partial charge in [-0.15, -0.1) is 0 Å². The highest BCUT2D eigenvalue weighted by Gasteiger charge is 2.29. The molecule has 10 heteroatoms. The van der Waals surface area contributed by atoms with E-state index in [-0.39, 0.29) is 48.5 Å². The van der Waals surface area contributed by atoms with Crippen molar-refractivity contribution in [1.82, 2.24) is 9.21 Å². The van der Waals surface area contributed by atoms with E-state index in [9.17, 15) is 17.6 Å². The molecule has 0 aliphatic carbocycles. The molecule has 1 fully saturated rings. The van der Waals surface area contributed by atoms with Crippen molar-refractivity contribution in [2.24, 2.45) is 0 Å². The fraction of sp³-hybridized carbons (Fsp3) is 0.278. The van der Waals surface area contributed by atoms with E-state index in [4.69, 9.17) is 23.2 Å². The van der Waals surface area contributed by atoms with Gasteiger partial charge in [-0.25, -0.2) is 12.8 Å². The molecular weight excluding hydrogens is 428 g/mol. The Morgan fingerprint density at radius 1 is 1.04 bits per heavy atom. The smallest absolute Gasteiger partial charge is 0.243 e. The van der Waals surface area contributed by atoms with Gasteiger partial charge in [0.1, 0.15) is 5.82 Å².